The van der Waals surface area contributed by atoms with Gasteiger partial charge in [-0.3, -0.25) is 9.69 Å². The summed E-state index contributed by atoms with van der Waals surface area (Å²) in [5.74, 6) is 0.619. The van der Waals surface area contributed by atoms with E-state index in [0.717, 1.165) is 41.7 Å². The smallest absolute Gasteiger partial charge is 0.254 e. The Morgan fingerprint density at radius 2 is 1.85 bits per heavy atom. The second-order valence-electron chi connectivity index (χ2n) is 9.88. The lowest BCUT2D eigenvalue weighted by atomic mass is 10.0. The molecule has 1 aromatic heterocycles. The third-order valence-corrected chi connectivity index (χ3v) is 7.92. The van der Waals surface area contributed by atoms with E-state index in [1.165, 1.54) is 0 Å². The van der Waals surface area contributed by atoms with E-state index in [9.17, 15) is 9.90 Å². The molecule has 1 atom stereocenters. The fourth-order valence-electron chi connectivity index (χ4n) is 5.23. The summed E-state index contributed by atoms with van der Waals surface area (Å²) in [4.78, 5) is 15.8. The lowest BCUT2D eigenvalue weighted by molar-refractivity contribution is 0.0341. The number of hydrogen-bond donors (Lipinski definition) is 2. The predicted octanol–water partition coefficient (Wildman–Crippen LogP) is 5.63. The van der Waals surface area contributed by atoms with Crippen molar-refractivity contribution in [3.63, 3.8) is 0 Å². The molecule has 9 heteroatoms. The first-order valence-electron chi connectivity index (χ1n) is 12.9. The topological polar surface area (TPSA) is 76.0 Å². The highest BCUT2D eigenvalue weighted by Crippen LogP contribution is 2.40. The average Bonchev–Trinajstić information content (AvgIpc) is 2.95. The van der Waals surface area contributed by atoms with Crippen LogP contribution in [0.5, 0.6) is 11.5 Å². The number of phenols is 1. The minimum atomic E-state index is -0.425. The molecule has 7 nitrogen and oxygen atoms in total. The zero-order chi connectivity index (χ0) is 26.9. The molecule has 1 fully saturated rings. The van der Waals surface area contributed by atoms with Crippen molar-refractivity contribution in [2.45, 2.75) is 25.7 Å². The first-order chi connectivity index (χ1) is 19.0. The number of aromatic hydroxyl groups is 1. The number of para-hydroxylation sites is 1. The van der Waals surface area contributed by atoms with Crippen molar-refractivity contribution in [3.05, 3.63) is 98.6 Å². The van der Waals surface area contributed by atoms with Gasteiger partial charge in [-0.05, 0) is 41.5 Å². The van der Waals surface area contributed by atoms with Crippen molar-refractivity contribution in [2.75, 3.05) is 26.3 Å². The largest absolute Gasteiger partial charge is 0.508 e. The number of nitrogens with zero attached hydrogens (tertiary/aromatic N) is 2. The van der Waals surface area contributed by atoms with Crippen molar-refractivity contribution in [1.82, 2.24) is 14.8 Å². The first-order valence-corrected chi connectivity index (χ1v) is 13.7. The molecule has 200 valence electrons. The van der Waals surface area contributed by atoms with Crippen molar-refractivity contribution in [2.24, 2.45) is 0 Å². The fraction of sp³-hybridized carbons (Fsp3) is 0.267. The van der Waals surface area contributed by atoms with Gasteiger partial charge in [0.2, 0.25) is 0 Å². The fourth-order valence-corrected chi connectivity index (χ4v) is 5.66. The third-order valence-electron chi connectivity index (χ3n) is 7.23. The summed E-state index contributed by atoms with van der Waals surface area (Å²) in [6.45, 7) is 4.61. The molecule has 6 rings (SSSR count). The van der Waals surface area contributed by atoms with Gasteiger partial charge in [0.1, 0.15) is 17.6 Å². The van der Waals surface area contributed by atoms with Gasteiger partial charge in [-0.15, -0.1) is 0 Å². The summed E-state index contributed by atoms with van der Waals surface area (Å²) in [6, 6.07) is 18.7. The molecule has 2 aliphatic heterocycles. The van der Waals surface area contributed by atoms with E-state index >= 15 is 0 Å². The van der Waals surface area contributed by atoms with E-state index < -0.39 is 6.10 Å². The van der Waals surface area contributed by atoms with Crippen LogP contribution in [0.1, 0.15) is 33.2 Å². The minimum absolute atomic E-state index is 0.174. The third kappa shape index (κ3) is 5.38. The zero-order valence-electron chi connectivity index (χ0n) is 21.2. The molecule has 0 aliphatic carbocycles. The quantitative estimate of drug-likeness (QED) is 0.297. The lowest BCUT2D eigenvalue weighted by Crippen LogP contribution is -2.35. The number of carbonyl (C=O) groups excluding carboxylic acids is 1. The highest BCUT2D eigenvalue weighted by Gasteiger charge is 2.27. The maximum absolute atomic E-state index is 13.4. The van der Waals surface area contributed by atoms with E-state index in [4.69, 9.17) is 33.3 Å². The van der Waals surface area contributed by atoms with Crippen LogP contribution in [0.3, 0.4) is 0 Å². The molecule has 3 aromatic carbocycles. The van der Waals surface area contributed by atoms with Crippen LogP contribution in [0.4, 0.5) is 0 Å². The highest BCUT2D eigenvalue weighted by atomic mass is 35.5. The van der Waals surface area contributed by atoms with Crippen molar-refractivity contribution < 1.29 is 19.4 Å². The molecule has 1 saturated heterocycles. The number of aromatic nitrogens is 1. The summed E-state index contributed by atoms with van der Waals surface area (Å²) < 4.78 is 14.5. The monoisotopic (exact) mass is 561 g/mol. The summed E-state index contributed by atoms with van der Waals surface area (Å²) >= 11 is 11.9. The molecule has 4 aromatic rings. The second kappa shape index (κ2) is 11.0. The number of carbonyl (C=O) groups is 1. The summed E-state index contributed by atoms with van der Waals surface area (Å²) in [5, 5.41) is 15.0. The summed E-state index contributed by atoms with van der Waals surface area (Å²) in [5.41, 5.74) is 3.97. The molecular formula is C30H28ClN3O4S. The SMILES string of the molecule is O=C(NCc1ccc(Cl)cc1)c1cn2c3c(cc(CN4CCOCC4)cc3c1=S)OC(c1ccccc1O)C2. The molecule has 2 aliphatic rings. The van der Waals surface area contributed by atoms with Crippen LogP contribution in [0.15, 0.2) is 66.9 Å². The van der Waals surface area contributed by atoms with Gasteiger partial charge in [0, 0.05) is 48.3 Å². The van der Waals surface area contributed by atoms with Crippen LogP contribution in [0.25, 0.3) is 10.9 Å². The highest BCUT2D eigenvalue weighted by molar-refractivity contribution is 7.71. The number of hydrogen-bond acceptors (Lipinski definition) is 6. The number of phenolic OH excluding ortho intramolecular Hbond substituents is 1. The second-order valence-corrected chi connectivity index (χ2v) is 10.7. The van der Waals surface area contributed by atoms with Gasteiger partial charge in [0.25, 0.3) is 5.91 Å². The molecule has 0 saturated carbocycles. The number of rotatable bonds is 6. The minimum Gasteiger partial charge on any atom is -0.508 e. The van der Waals surface area contributed by atoms with E-state index in [1.54, 1.807) is 24.3 Å². The lowest BCUT2D eigenvalue weighted by Gasteiger charge is -2.31. The van der Waals surface area contributed by atoms with E-state index in [-0.39, 0.29) is 11.7 Å². The first kappa shape index (κ1) is 25.8. The van der Waals surface area contributed by atoms with Crippen LogP contribution < -0.4 is 10.1 Å². The Labute approximate surface area is 236 Å². The Bertz CT molecular complexity index is 1600. The molecular weight excluding hydrogens is 534 g/mol. The van der Waals surface area contributed by atoms with Gasteiger partial charge in [0.05, 0.1) is 35.3 Å². The van der Waals surface area contributed by atoms with Gasteiger partial charge in [-0.2, -0.15) is 0 Å². The Kier molecular flexibility index (Phi) is 7.27. The Morgan fingerprint density at radius 1 is 1.08 bits per heavy atom. The van der Waals surface area contributed by atoms with Crippen molar-refractivity contribution in [1.29, 1.82) is 0 Å². The summed E-state index contributed by atoms with van der Waals surface area (Å²) in [7, 11) is 0. The van der Waals surface area contributed by atoms with Crippen molar-refractivity contribution in [3.8, 4) is 11.5 Å². The van der Waals surface area contributed by atoms with Gasteiger partial charge >= 0.3 is 0 Å². The van der Waals surface area contributed by atoms with Gasteiger partial charge in [0.15, 0.2) is 0 Å². The van der Waals surface area contributed by atoms with Crippen LogP contribution in [-0.2, 0) is 24.4 Å². The van der Waals surface area contributed by atoms with Crippen LogP contribution in [0, 0.1) is 4.51 Å². The molecule has 0 bridgehead atoms. The Balaban J connectivity index is 1.40. The van der Waals surface area contributed by atoms with E-state index in [2.05, 4.69) is 22.3 Å². The van der Waals surface area contributed by atoms with Crippen LogP contribution >= 0.6 is 23.8 Å². The molecule has 3 heterocycles. The molecule has 0 spiro atoms. The van der Waals surface area contributed by atoms with Crippen molar-refractivity contribution >= 4 is 40.6 Å². The Morgan fingerprint density at radius 3 is 2.62 bits per heavy atom. The Hall–Kier alpha value is -3.43. The molecule has 1 amide bonds. The standard InChI is InChI=1S/C30H28ClN3O4S/c31-21-7-5-19(6-8-21)15-32-30(36)24-17-34-18-27(22-3-1-2-4-25(22)35)38-26-14-20(13-23(28(26)34)29(24)39)16-33-9-11-37-12-10-33/h1-8,13-14,17,27,35H,9-12,15-16,18H2,(H,32,36). The number of amides is 1. The maximum atomic E-state index is 13.4. The molecule has 2 N–H and O–H groups in total. The van der Waals surface area contributed by atoms with Crippen LogP contribution in [-0.4, -0.2) is 46.8 Å². The predicted molar refractivity (Wildman–Crippen MR) is 153 cm³/mol. The molecule has 39 heavy (non-hydrogen) atoms. The summed E-state index contributed by atoms with van der Waals surface area (Å²) in [6.07, 6.45) is 1.38. The van der Waals surface area contributed by atoms with Gasteiger partial charge in [-0.1, -0.05) is 54.2 Å². The zero-order valence-corrected chi connectivity index (χ0v) is 22.8. The number of nitrogens with one attached hydrogen (secondary N) is 1. The van der Waals surface area contributed by atoms with Crippen LogP contribution in [0.2, 0.25) is 5.02 Å². The number of ether oxygens (including phenoxy) is 2. The molecule has 0 radical (unpaired) electrons. The number of morpholine rings is 1. The average molecular weight is 562 g/mol. The molecule has 1 unspecified atom stereocenters. The number of halogens is 1. The number of pyridine rings is 1. The normalized spacial score (nSPS) is 17.1. The maximum Gasteiger partial charge on any atom is 0.254 e. The van der Waals surface area contributed by atoms with Gasteiger partial charge < -0.3 is 24.5 Å². The van der Waals surface area contributed by atoms with E-state index in [1.807, 2.05) is 35.0 Å². The van der Waals surface area contributed by atoms with Gasteiger partial charge in [-0.25, -0.2) is 0 Å². The van der Waals surface area contributed by atoms with E-state index in [0.29, 0.717) is 52.7 Å². The number of benzene rings is 3.